The summed E-state index contributed by atoms with van der Waals surface area (Å²) in [6, 6.07) is 1.63. The van der Waals surface area contributed by atoms with Crippen LogP contribution in [0, 0.1) is 29.2 Å². The number of hydrogen-bond donors (Lipinski definition) is 2. The van der Waals surface area contributed by atoms with Crippen LogP contribution < -0.4 is 10.6 Å². The summed E-state index contributed by atoms with van der Waals surface area (Å²) < 4.78 is 60.8. The zero-order valence-electron chi connectivity index (χ0n) is 18.2. The number of rotatable bonds is 5. The molecule has 1 aromatic carbocycles. The molecule has 0 radical (unpaired) electrons. The molecule has 2 aromatic heterocycles. The summed E-state index contributed by atoms with van der Waals surface area (Å²) in [7, 11) is 1.32. The number of thiophene rings is 1. The Morgan fingerprint density at radius 2 is 1.97 bits per heavy atom. The molecule has 180 valence electrons. The van der Waals surface area contributed by atoms with Gasteiger partial charge in [-0.3, -0.25) is 4.68 Å². The summed E-state index contributed by atoms with van der Waals surface area (Å²) >= 11 is 6.78. The molecule has 0 spiro atoms. The minimum Gasteiger partial charge on any atom is -0.465 e. The lowest BCUT2D eigenvalue weighted by Crippen LogP contribution is -2.21. The van der Waals surface area contributed by atoms with Crippen LogP contribution in [0.4, 0.5) is 28.4 Å². The fourth-order valence-electron chi connectivity index (χ4n) is 3.85. The summed E-state index contributed by atoms with van der Waals surface area (Å²) in [5.41, 5.74) is 0.646. The van der Waals surface area contributed by atoms with Crippen LogP contribution in [0.2, 0.25) is 0 Å². The minimum atomic E-state index is -1.49. The van der Waals surface area contributed by atoms with Crippen molar-refractivity contribution in [2.45, 2.75) is 32.7 Å². The predicted molar refractivity (Wildman–Crippen MR) is 124 cm³/mol. The van der Waals surface area contributed by atoms with Crippen LogP contribution >= 0.6 is 23.6 Å². The average Bonchev–Trinajstić information content (AvgIpc) is 3.37. The molecule has 0 saturated heterocycles. The lowest BCUT2D eigenvalue weighted by Gasteiger charge is -2.18. The molecule has 2 N–H and O–H groups in total. The number of aromatic nitrogens is 2. The van der Waals surface area contributed by atoms with Crippen molar-refractivity contribution >= 4 is 45.5 Å². The predicted octanol–water partition coefficient (Wildman–Crippen LogP) is 5.27. The minimum absolute atomic E-state index is 0.135. The maximum Gasteiger partial charge on any atom is 0.341 e. The van der Waals surface area contributed by atoms with Crippen LogP contribution in [-0.2, 0) is 24.1 Å². The summed E-state index contributed by atoms with van der Waals surface area (Å²) in [5, 5.41) is 10.6. The van der Waals surface area contributed by atoms with Crippen molar-refractivity contribution in [1.82, 2.24) is 9.78 Å². The van der Waals surface area contributed by atoms with Gasteiger partial charge >= 0.3 is 5.97 Å². The van der Waals surface area contributed by atoms with E-state index in [-0.39, 0.29) is 17.0 Å². The highest BCUT2D eigenvalue weighted by Gasteiger charge is 2.28. The average molecular weight is 513 g/mol. The Balaban J connectivity index is 1.49. The van der Waals surface area contributed by atoms with Crippen molar-refractivity contribution < 1.29 is 27.1 Å². The van der Waals surface area contributed by atoms with Gasteiger partial charge in [0.25, 0.3) is 0 Å². The molecule has 1 atom stereocenters. The van der Waals surface area contributed by atoms with E-state index in [0.29, 0.717) is 16.5 Å². The second-order valence-corrected chi connectivity index (χ2v) is 9.49. The van der Waals surface area contributed by atoms with Crippen molar-refractivity contribution in [2.24, 2.45) is 5.92 Å². The third kappa shape index (κ3) is 4.78. The number of carbonyl (C=O) groups excluding carboxylic acids is 1. The lowest BCUT2D eigenvalue weighted by molar-refractivity contribution is 0.0601. The van der Waals surface area contributed by atoms with Crippen LogP contribution in [0.15, 0.2) is 18.3 Å². The first-order valence-corrected chi connectivity index (χ1v) is 11.6. The highest BCUT2D eigenvalue weighted by atomic mass is 32.1. The second-order valence-electron chi connectivity index (χ2n) is 7.97. The number of hydrogen-bond acceptors (Lipinski definition) is 5. The molecule has 2 heterocycles. The molecular weight excluding hydrogens is 492 g/mol. The SMILES string of the molecule is COC(=O)c1c(NC(=S)Nc2ccn(Cc3c(F)c(F)cc(F)c3F)n2)sc2c1CCC(C)C2. The first-order valence-electron chi connectivity index (χ1n) is 10.3. The van der Waals surface area contributed by atoms with Gasteiger partial charge in [-0.15, -0.1) is 11.3 Å². The Kier molecular flexibility index (Phi) is 6.89. The van der Waals surface area contributed by atoms with E-state index < -0.39 is 41.3 Å². The van der Waals surface area contributed by atoms with Crippen LogP contribution in [0.3, 0.4) is 0 Å². The normalized spacial score (nSPS) is 15.1. The number of halogens is 4. The Bertz CT molecular complexity index is 1250. The van der Waals surface area contributed by atoms with Gasteiger partial charge in [0, 0.05) is 23.2 Å². The third-order valence-electron chi connectivity index (χ3n) is 5.53. The van der Waals surface area contributed by atoms with Gasteiger partial charge in [-0.1, -0.05) is 6.92 Å². The Hall–Kier alpha value is -2.99. The van der Waals surface area contributed by atoms with Gasteiger partial charge < -0.3 is 15.4 Å². The molecule has 0 saturated carbocycles. The van der Waals surface area contributed by atoms with Crippen LogP contribution in [0.25, 0.3) is 0 Å². The lowest BCUT2D eigenvalue weighted by atomic mass is 9.88. The largest absolute Gasteiger partial charge is 0.465 e. The van der Waals surface area contributed by atoms with E-state index in [1.807, 2.05) is 0 Å². The molecular formula is C22H20F4N4O2S2. The highest BCUT2D eigenvalue weighted by Crippen LogP contribution is 2.40. The first kappa shape index (κ1) is 24.1. The quantitative estimate of drug-likeness (QED) is 0.210. The standard InChI is InChI=1S/C22H20F4N4O2S2/c1-10-3-4-11-15(7-10)34-20(17(11)21(31)32-2)28-22(33)27-16-5-6-30(29-16)9-12-18(25)13(23)8-14(24)19(12)26/h5-6,8,10H,3-4,7,9H2,1-2H3,(H2,27,28,29,33). The third-order valence-corrected chi connectivity index (χ3v) is 6.91. The fourth-order valence-corrected chi connectivity index (χ4v) is 5.52. The number of benzene rings is 1. The van der Waals surface area contributed by atoms with E-state index in [0.717, 1.165) is 34.4 Å². The monoisotopic (exact) mass is 512 g/mol. The number of anilines is 2. The molecule has 1 unspecified atom stereocenters. The van der Waals surface area contributed by atoms with E-state index in [1.54, 1.807) is 0 Å². The van der Waals surface area contributed by atoms with Crippen LogP contribution in [0.1, 0.15) is 39.7 Å². The van der Waals surface area contributed by atoms with Gasteiger partial charge in [0.1, 0.15) is 5.00 Å². The number of thiocarbonyl (C=S) groups is 1. The van der Waals surface area contributed by atoms with Crippen molar-refractivity contribution in [3.05, 3.63) is 63.2 Å². The molecule has 0 bridgehead atoms. The van der Waals surface area contributed by atoms with Crippen molar-refractivity contribution in [3.63, 3.8) is 0 Å². The van der Waals surface area contributed by atoms with Crippen LogP contribution in [-0.4, -0.2) is 28.0 Å². The van der Waals surface area contributed by atoms with Gasteiger partial charge in [0.05, 0.1) is 24.8 Å². The van der Waals surface area contributed by atoms with Gasteiger partial charge in [-0.2, -0.15) is 5.10 Å². The molecule has 0 amide bonds. The summed E-state index contributed by atoms with van der Waals surface area (Å²) in [5.74, 6) is -5.64. The molecule has 0 fully saturated rings. The van der Waals surface area contributed by atoms with E-state index >= 15 is 0 Å². The Labute approximate surface area is 201 Å². The van der Waals surface area contributed by atoms with E-state index in [4.69, 9.17) is 17.0 Å². The molecule has 6 nitrogen and oxygen atoms in total. The smallest absolute Gasteiger partial charge is 0.341 e. The molecule has 0 aliphatic heterocycles. The maximum atomic E-state index is 13.9. The Morgan fingerprint density at radius 1 is 1.26 bits per heavy atom. The first-order chi connectivity index (χ1) is 16.2. The zero-order chi connectivity index (χ0) is 24.6. The zero-order valence-corrected chi connectivity index (χ0v) is 19.8. The maximum absolute atomic E-state index is 13.9. The van der Waals surface area contributed by atoms with Gasteiger partial charge in [-0.05, 0) is 43.0 Å². The van der Waals surface area contributed by atoms with E-state index in [1.165, 1.54) is 30.7 Å². The number of ether oxygens (including phenoxy) is 1. The number of methoxy groups -OCH3 is 1. The number of nitrogens with zero attached hydrogens (tertiary/aromatic N) is 2. The second kappa shape index (κ2) is 9.71. The number of esters is 1. The van der Waals surface area contributed by atoms with Crippen molar-refractivity contribution in [3.8, 4) is 0 Å². The van der Waals surface area contributed by atoms with E-state index in [2.05, 4.69) is 22.7 Å². The van der Waals surface area contributed by atoms with Crippen LogP contribution in [0.5, 0.6) is 0 Å². The van der Waals surface area contributed by atoms with Crippen molar-refractivity contribution in [2.75, 3.05) is 17.7 Å². The number of nitrogens with one attached hydrogen (secondary N) is 2. The number of fused-ring (bicyclic) bond motifs is 1. The number of carbonyl (C=O) groups is 1. The topological polar surface area (TPSA) is 68.2 Å². The van der Waals surface area contributed by atoms with E-state index in [9.17, 15) is 22.4 Å². The summed E-state index contributed by atoms with van der Waals surface area (Å²) in [6.07, 6.45) is 3.99. The summed E-state index contributed by atoms with van der Waals surface area (Å²) in [6.45, 7) is 1.63. The van der Waals surface area contributed by atoms with Gasteiger partial charge in [0.2, 0.25) is 0 Å². The fraction of sp³-hybridized carbons (Fsp3) is 0.318. The molecule has 4 rings (SSSR count). The highest BCUT2D eigenvalue weighted by molar-refractivity contribution is 7.80. The summed E-state index contributed by atoms with van der Waals surface area (Å²) in [4.78, 5) is 13.5. The van der Waals surface area contributed by atoms with Gasteiger partial charge in [-0.25, -0.2) is 22.4 Å². The Morgan fingerprint density at radius 3 is 2.65 bits per heavy atom. The molecule has 3 aromatic rings. The molecule has 1 aliphatic carbocycles. The van der Waals surface area contributed by atoms with Gasteiger partial charge in [0.15, 0.2) is 34.2 Å². The molecule has 12 heteroatoms. The van der Waals surface area contributed by atoms with Crippen molar-refractivity contribution in [1.29, 1.82) is 0 Å². The molecule has 34 heavy (non-hydrogen) atoms. The molecule has 1 aliphatic rings.